The van der Waals surface area contributed by atoms with E-state index >= 15 is 0 Å². The second-order valence-electron chi connectivity index (χ2n) is 9.80. The Hall–Kier alpha value is -4.37. The van der Waals surface area contributed by atoms with Crippen molar-refractivity contribution in [2.24, 2.45) is 0 Å². The average molecular weight is 510 g/mol. The van der Waals surface area contributed by atoms with Gasteiger partial charge >= 0.3 is 0 Å². The maximum atomic E-state index is 13.4. The fourth-order valence-corrected chi connectivity index (χ4v) is 4.81. The van der Waals surface area contributed by atoms with Crippen LogP contribution in [-0.2, 0) is 13.1 Å². The molecule has 0 saturated heterocycles. The van der Waals surface area contributed by atoms with Gasteiger partial charge in [0.25, 0.3) is 5.56 Å². The zero-order valence-corrected chi connectivity index (χ0v) is 21.7. The number of benzene rings is 2. The molecule has 4 heterocycles. The maximum absolute atomic E-state index is 13.4. The molecule has 0 amide bonds. The molecule has 9 heteroatoms. The van der Waals surface area contributed by atoms with Crippen LogP contribution in [0.4, 0.5) is 11.6 Å². The van der Waals surface area contributed by atoms with Crippen molar-refractivity contribution >= 4 is 33.6 Å². The van der Waals surface area contributed by atoms with Crippen LogP contribution in [-0.4, -0.2) is 56.0 Å². The average Bonchev–Trinajstić information content (AvgIpc) is 3.44. The lowest BCUT2D eigenvalue weighted by Crippen LogP contribution is -2.21. The number of hydrogen-bond donors (Lipinski definition) is 1. The van der Waals surface area contributed by atoms with Gasteiger partial charge in [0.1, 0.15) is 11.1 Å². The Bertz CT molecular complexity index is 1690. The summed E-state index contributed by atoms with van der Waals surface area (Å²) >= 11 is 0. The summed E-state index contributed by atoms with van der Waals surface area (Å²) in [5, 5.41) is 4.95. The van der Waals surface area contributed by atoms with E-state index in [-0.39, 0.29) is 5.56 Å². The zero-order valence-electron chi connectivity index (χ0n) is 21.7. The number of likely N-dealkylation sites (N-methyl/N-ethyl adjacent to an activating group) is 1. The van der Waals surface area contributed by atoms with Gasteiger partial charge in [0, 0.05) is 48.1 Å². The van der Waals surface area contributed by atoms with Crippen LogP contribution in [0.15, 0.2) is 77.9 Å². The van der Waals surface area contributed by atoms with Gasteiger partial charge in [0.2, 0.25) is 5.95 Å². The Morgan fingerprint density at radius 3 is 2.92 bits per heavy atom. The van der Waals surface area contributed by atoms with E-state index in [1.165, 1.54) is 5.52 Å². The van der Waals surface area contributed by atoms with Gasteiger partial charge in [-0.3, -0.25) is 4.79 Å². The molecule has 3 aromatic heterocycles. The molecule has 2 bridgehead atoms. The summed E-state index contributed by atoms with van der Waals surface area (Å²) in [7, 11) is 4.16. The first-order chi connectivity index (χ1) is 18.6. The number of fused-ring (bicyclic) bond motifs is 7. The molecule has 0 aliphatic carbocycles. The number of allylic oxidation sites excluding steroid dienone is 2. The summed E-state index contributed by atoms with van der Waals surface area (Å²) in [4.78, 5) is 24.8. The van der Waals surface area contributed by atoms with Crippen molar-refractivity contribution in [2.75, 3.05) is 32.6 Å². The molecule has 0 radical (unpaired) electrons. The Morgan fingerprint density at radius 2 is 2.03 bits per heavy atom. The summed E-state index contributed by atoms with van der Waals surface area (Å²) in [5.74, 6) is 1.20. The van der Waals surface area contributed by atoms with Crippen molar-refractivity contribution in [1.29, 1.82) is 0 Å². The minimum absolute atomic E-state index is 0.125. The molecule has 6 rings (SSSR count). The monoisotopic (exact) mass is 509 g/mol. The molecule has 2 aromatic carbocycles. The Morgan fingerprint density at radius 1 is 1.11 bits per heavy atom. The third-order valence-corrected chi connectivity index (χ3v) is 6.78. The molecule has 1 N–H and O–H groups in total. The van der Waals surface area contributed by atoms with Crippen molar-refractivity contribution in [3.8, 4) is 11.4 Å². The van der Waals surface area contributed by atoms with Crippen molar-refractivity contribution in [1.82, 2.24) is 28.8 Å². The largest absolute Gasteiger partial charge is 0.494 e. The fourth-order valence-electron chi connectivity index (χ4n) is 4.81. The van der Waals surface area contributed by atoms with Gasteiger partial charge in [-0.05, 0) is 63.3 Å². The quantitative estimate of drug-likeness (QED) is 0.350. The molecule has 1 aliphatic heterocycles. The minimum atomic E-state index is -0.125. The van der Waals surface area contributed by atoms with E-state index in [1.807, 2.05) is 41.1 Å². The van der Waals surface area contributed by atoms with E-state index < -0.39 is 0 Å². The summed E-state index contributed by atoms with van der Waals surface area (Å²) < 4.78 is 11.7. The first kappa shape index (κ1) is 24.0. The molecule has 194 valence electrons. The summed E-state index contributed by atoms with van der Waals surface area (Å²) in [6, 6.07) is 16.1. The van der Waals surface area contributed by atoms with E-state index in [0.717, 1.165) is 48.4 Å². The third-order valence-electron chi connectivity index (χ3n) is 6.78. The first-order valence-electron chi connectivity index (χ1n) is 12.9. The third kappa shape index (κ3) is 4.68. The number of anilines is 2. The van der Waals surface area contributed by atoms with Gasteiger partial charge in [-0.15, -0.1) is 0 Å². The van der Waals surface area contributed by atoms with E-state index in [2.05, 4.69) is 64.3 Å². The van der Waals surface area contributed by atoms with E-state index in [1.54, 1.807) is 10.9 Å². The van der Waals surface area contributed by atoms with Crippen LogP contribution in [0.1, 0.15) is 12.8 Å². The Balaban J connectivity index is 1.38. The van der Waals surface area contributed by atoms with Crippen molar-refractivity contribution in [2.45, 2.75) is 25.9 Å². The van der Waals surface area contributed by atoms with Crippen molar-refractivity contribution in [3.63, 3.8) is 0 Å². The number of aromatic nitrogens is 5. The predicted octanol–water partition coefficient (Wildman–Crippen LogP) is 4.57. The smallest absolute Gasteiger partial charge is 0.278 e. The minimum Gasteiger partial charge on any atom is -0.494 e. The Labute approximate surface area is 220 Å². The van der Waals surface area contributed by atoms with Gasteiger partial charge in [-0.2, -0.15) is 4.98 Å². The molecule has 0 spiro atoms. The lowest BCUT2D eigenvalue weighted by Gasteiger charge is -2.14. The lowest BCUT2D eigenvalue weighted by molar-refractivity contribution is 0.311. The molecule has 0 saturated carbocycles. The Kier molecular flexibility index (Phi) is 6.43. The maximum Gasteiger partial charge on any atom is 0.278 e. The standard InChI is InChI=1S/C29H31N7O2/c1-33(2)15-16-34-14-12-21-18-22(10-11-26(21)34)31-29-30-20-25-27(32-29)36-23-8-7-9-24(19-23)38-17-6-4-3-5-13-35(36)28(25)37/h3,5,7-12,14,18-20H,4,6,13,15-17H2,1-2H3,(H,30,31,32)/b5-3-. The molecule has 0 unspecified atom stereocenters. The topological polar surface area (TPSA) is 82.1 Å². The number of rotatable bonds is 5. The second-order valence-corrected chi connectivity index (χ2v) is 9.80. The summed E-state index contributed by atoms with van der Waals surface area (Å²) in [6.45, 7) is 3.00. The van der Waals surface area contributed by atoms with Crippen LogP contribution in [0, 0.1) is 0 Å². The molecular weight excluding hydrogens is 478 g/mol. The van der Waals surface area contributed by atoms with Gasteiger partial charge in [-0.25, -0.2) is 14.3 Å². The fraction of sp³-hybridized carbons (Fsp3) is 0.276. The van der Waals surface area contributed by atoms with Gasteiger partial charge in [0.05, 0.1) is 18.8 Å². The number of nitrogens with zero attached hydrogens (tertiary/aromatic N) is 6. The first-order valence-corrected chi connectivity index (χ1v) is 12.9. The van der Waals surface area contributed by atoms with Gasteiger partial charge < -0.3 is 19.5 Å². The SMILES string of the molecule is CN(C)CCn1ccc2cc(Nc3ncc4c(=O)n5n(c4n3)-c3cccc(c3)OCCC/C=C\C5)ccc21. The number of hydrogen-bond acceptors (Lipinski definition) is 6. The highest BCUT2D eigenvalue weighted by atomic mass is 16.5. The van der Waals surface area contributed by atoms with Crippen LogP contribution in [0.2, 0.25) is 0 Å². The predicted molar refractivity (Wildman–Crippen MR) is 151 cm³/mol. The second kappa shape index (κ2) is 10.2. The molecule has 0 atom stereocenters. The molecule has 0 fully saturated rings. The molecular formula is C29H31N7O2. The van der Waals surface area contributed by atoms with E-state index in [9.17, 15) is 4.79 Å². The van der Waals surface area contributed by atoms with E-state index in [0.29, 0.717) is 30.1 Å². The highest BCUT2D eigenvalue weighted by molar-refractivity contribution is 5.85. The highest BCUT2D eigenvalue weighted by Crippen LogP contribution is 2.25. The van der Waals surface area contributed by atoms with Crippen LogP contribution >= 0.6 is 0 Å². The molecule has 5 aromatic rings. The van der Waals surface area contributed by atoms with Crippen LogP contribution in [0.3, 0.4) is 0 Å². The highest BCUT2D eigenvalue weighted by Gasteiger charge is 2.18. The van der Waals surface area contributed by atoms with E-state index in [4.69, 9.17) is 9.72 Å². The lowest BCUT2D eigenvalue weighted by atomic mass is 10.2. The zero-order chi connectivity index (χ0) is 26.1. The van der Waals surface area contributed by atoms with Crippen LogP contribution < -0.4 is 15.6 Å². The van der Waals surface area contributed by atoms with Gasteiger partial charge in [0.15, 0.2) is 5.65 Å². The summed E-state index contributed by atoms with van der Waals surface area (Å²) in [5.41, 5.74) is 3.30. The van der Waals surface area contributed by atoms with Gasteiger partial charge in [-0.1, -0.05) is 18.2 Å². The normalized spacial score (nSPS) is 14.6. The number of nitrogens with one attached hydrogen (secondary N) is 1. The molecule has 38 heavy (non-hydrogen) atoms. The van der Waals surface area contributed by atoms with Crippen LogP contribution in [0.25, 0.3) is 27.6 Å². The molecule has 9 nitrogen and oxygen atoms in total. The number of ether oxygens (including phenoxy) is 1. The van der Waals surface area contributed by atoms with Crippen molar-refractivity contribution < 1.29 is 4.74 Å². The van der Waals surface area contributed by atoms with Crippen molar-refractivity contribution in [3.05, 3.63) is 83.4 Å². The van der Waals surface area contributed by atoms with Crippen LogP contribution in [0.5, 0.6) is 5.75 Å². The molecule has 1 aliphatic rings. The summed E-state index contributed by atoms with van der Waals surface area (Å²) in [6.07, 6.45) is 9.66.